The Hall–Kier alpha value is -2.31. The van der Waals surface area contributed by atoms with E-state index >= 15 is 0 Å². The molecule has 0 spiro atoms. The largest absolute Gasteiger partial charge is 0.459 e. The molecule has 2 N–H and O–H groups in total. The van der Waals surface area contributed by atoms with E-state index in [0.717, 1.165) is 11.1 Å². The Morgan fingerprint density at radius 3 is 2.62 bits per heavy atom. The Bertz CT molecular complexity index is 748. The van der Waals surface area contributed by atoms with Crippen molar-refractivity contribution in [2.24, 2.45) is 0 Å². The van der Waals surface area contributed by atoms with Crippen molar-refractivity contribution in [1.82, 2.24) is 15.5 Å². The van der Waals surface area contributed by atoms with E-state index in [-0.39, 0.29) is 36.0 Å². The number of nitrogens with one attached hydrogen (secondary N) is 2. The van der Waals surface area contributed by atoms with E-state index in [1.165, 1.54) is 6.26 Å². The van der Waals surface area contributed by atoms with Crippen molar-refractivity contribution in [3.63, 3.8) is 0 Å². The first-order chi connectivity index (χ1) is 12.1. The molecule has 2 atom stereocenters. The molecule has 26 heavy (non-hydrogen) atoms. The molecule has 7 heteroatoms. The van der Waals surface area contributed by atoms with E-state index in [4.69, 9.17) is 4.42 Å². The topological polar surface area (TPSA) is 74.6 Å². The minimum absolute atomic E-state index is 0. The second-order valence-electron chi connectivity index (χ2n) is 6.33. The highest BCUT2D eigenvalue weighted by atomic mass is 35.5. The average molecular weight is 378 g/mol. The summed E-state index contributed by atoms with van der Waals surface area (Å²) in [5.74, 6) is -0.154. The van der Waals surface area contributed by atoms with Gasteiger partial charge in [0.1, 0.15) is 6.04 Å². The molecule has 3 rings (SSSR count). The van der Waals surface area contributed by atoms with Crippen LogP contribution in [0.25, 0.3) is 0 Å². The lowest BCUT2D eigenvalue weighted by Gasteiger charge is -2.35. The van der Waals surface area contributed by atoms with Crippen LogP contribution in [0.3, 0.4) is 0 Å². The van der Waals surface area contributed by atoms with E-state index in [9.17, 15) is 9.59 Å². The van der Waals surface area contributed by atoms with Crippen molar-refractivity contribution >= 4 is 24.2 Å². The van der Waals surface area contributed by atoms with Crippen LogP contribution in [-0.4, -0.2) is 42.4 Å². The first kappa shape index (κ1) is 20.0. The zero-order chi connectivity index (χ0) is 17.8. The third-order valence-corrected chi connectivity index (χ3v) is 4.62. The van der Waals surface area contributed by atoms with Gasteiger partial charge >= 0.3 is 0 Å². The Kier molecular flexibility index (Phi) is 6.83. The van der Waals surface area contributed by atoms with Gasteiger partial charge in [0, 0.05) is 25.6 Å². The van der Waals surface area contributed by atoms with Crippen LogP contribution in [-0.2, 0) is 17.8 Å². The van der Waals surface area contributed by atoms with Gasteiger partial charge in [-0.2, -0.15) is 0 Å². The number of furan rings is 1. The van der Waals surface area contributed by atoms with Gasteiger partial charge in [-0.3, -0.25) is 9.59 Å². The standard InChI is InChI=1S/C19H23N3O3.ClH/c1-13(20-2)11-21-18(23)16-10-14-6-3-4-7-15(14)12-22(16)19(24)17-8-5-9-25-17;/h3-9,13,16,20H,10-12H2,1-2H3,(H,21,23);1H. The smallest absolute Gasteiger partial charge is 0.290 e. The molecule has 1 aliphatic heterocycles. The van der Waals surface area contributed by atoms with Crippen LogP contribution in [0.5, 0.6) is 0 Å². The zero-order valence-corrected chi connectivity index (χ0v) is 15.7. The molecular formula is C19H24ClN3O3. The highest BCUT2D eigenvalue weighted by Crippen LogP contribution is 2.25. The van der Waals surface area contributed by atoms with Crippen molar-refractivity contribution in [3.05, 3.63) is 59.5 Å². The first-order valence-electron chi connectivity index (χ1n) is 8.46. The summed E-state index contributed by atoms with van der Waals surface area (Å²) in [6, 6.07) is 10.8. The maximum absolute atomic E-state index is 12.8. The summed E-state index contributed by atoms with van der Waals surface area (Å²) in [5.41, 5.74) is 2.17. The van der Waals surface area contributed by atoms with E-state index < -0.39 is 6.04 Å². The molecule has 2 unspecified atom stereocenters. The van der Waals surface area contributed by atoms with E-state index in [0.29, 0.717) is 19.5 Å². The van der Waals surface area contributed by atoms with E-state index in [1.54, 1.807) is 17.0 Å². The monoisotopic (exact) mass is 377 g/mol. The summed E-state index contributed by atoms with van der Waals surface area (Å²) in [5, 5.41) is 6.02. The minimum atomic E-state index is -0.545. The Labute approximate surface area is 159 Å². The Morgan fingerprint density at radius 1 is 1.23 bits per heavy atom. The molecule has 1 aliphatic rings. The van der Waals surface area contributed by atoms with Crippen LogP contribution in [0.15, 0.2) is 47.1 Å². The zero-order valence-electron chi connectivity index (χ0n) is 14.9. The number of benzene rings is 1. The second kappa shape index (κ2) is 8.87. The van der Waals surface area contributed by atoms with Crippen LogP contribution >= 0.6 is 12.4 Å². The van der Waals surface area contributed by atoms with E-state index in [2.05, 4.69) is 10.6 Å². The SMILES string of the molecule is CNC(C)CNC(=O)C1Cc2ccccc2CN1C(=O)c1ccco1.Cl. The molecule has 0 radical (unpaired) electrons. The summed E-state index contributed by atoms with van der Waals surface area (Å²) >= 11 is 0. The lowest BCUT2D eigenvalue weighted by molar-refractivity contribution is -0.126. The summed E-state index contributed by atoms with van der Waals surface area (Å²) in [4.78, 5) is 27.2. The molecule has 0 fully saturated rings. The molecule has 2 aromatic rings. The number of amides is 2. The number of carbonyl (C=O) groups is 2. The highest BCUT2D eigenvalue weighted by Gasteiger charge is 2.35. The fourth-order valence-electron chi connectivity index (χ4n) is 2.99. The summed E-state index contributed by atoms with van der Waals surface area (Å²) in [6.07, 6.45) is 1.97. The molecule has 6 nitrogen and oxygen atoms in total. The van der Waals surface area contributed by atoms with Crippen molar-refractivity contribution in [3.8, 4) is 0 Å². The van der Waals surface area contributed by atoms with Crippen LogP contribution in [0, 0.1) is 0 Å². The van der Waals surface area contributed by atoms with Crippen LogP contribution in [0.2, 0.25) is 0 Å². The summed E-state index contributed by atoms with van der Waals surface area (Å²) in [6.45, 7) is 2.90. The highest BCUT2D eigenvalue weighted by molar-refractivity contribution is 5.96. The number of carbonyl (C=O) groups excluding carboxylic acids is 2. The van der Waals surface area contributed by atoms with Crippen molar-refractivity contribution < 1.29 is 14.0 Å². The van der Waals surface area contributed by atoms with Crippen LogP contribution in [0.1, 0.15) is 28.6 Å². The molecule has 1 aromatic heterocycles. The third kappa shape index (κ3) is 4.26. The number of fused-ring (bicyclic) bond motifs is 1. The van der Waals surface area contributed by atoms with Gasteiger partial charge in [0.2, 0.25) is 5.91 Å². The first-order valence-corrected chi connectivity index (χ1v) is 8.46. The number of hydrogen-bond donors (Lipinski definition) is 2. The molecule has 1 aromatic carbocycles. The number of nitrogens with zero attached hydrogens (tertiary/aromatic N) is 1. The maximum Gasteiger partial charge on any atom is 0.290 e. The number of hydrogen-bond acceptors (Lipinski definition) is 4. The van der Waals surface area contributed by atoms with Crippen LogP contribution < -0.4 is 10.6 Å². The van der Waals surface area contributed by atoms with Gasteiger partial charge in [-0.1, -0.05) is 24.3 Å². The predicted molar refractivity (Wildman–Crippen MR) is 101 cm³/mol. The number of halogens is 1. The average Bonchev–Trinajstić information content (AvgIpc) is 3.18. The fraction of sp³-hybridized carbons (Fsp3) is 0.368. The van der Waals surface area contributed by atoms with Gasteiger partial charge in [-0.05, 0) is 37.2 Å². The molecule has 0 saturated carbocycles. The quantitative estimate of drug-likeness (QED) is 0.835. The van der Waals surface area contributed by atoms with Crippen molar-refractivity contribution in [1.29, 1.82) is 0 Å². The lowest BCUT2D eigenvalue weighted by atomic mass is 9.93. The molecule has 2 heterocycles. The summed E-state index contributed by atoms with van der Waals surface area (Å²) < 4.78 is 5.25. The number of likely N-dealkylation sites (N-methyl/N-ethyl adjacent to an activating group) is 1. The Balaban J connectivity index is 0.00000243. The van der Waals surface area contributed by atoms with Crippen molar-refractivity contribution in [2.75, 3.05) is 13.6 Å². The second-order valence-corrected chi connectivity index (χ2v) is 6.33. The maximum atomic E-state index is 12.8. The van der Waals surface area contributed by atoms with Gasteiger partial charge in [0.05, 0.1) is 6.26 Å². The van der Waals surface area contributed by atoms with Crippen LogP contribution in [0.4, 0.5) is 0 Å². The van der Waals surface area contributed by atoms with Gasteiger partial charge in [-0.15, -0.1) is 12.4 Å². The summed E-state index contributed by atoms with van der Waals surface area (Å²) in [7, 11) is 1.85. The fourth-order valence-corrected chi connectivity index (χ4v) is 2.99. The van der Waals surface area contributed by atoms with Gasteiger partial charge < -0.3 is 20.0 Å². The van der Waals surface area contributed by atoms with Gasteiger partial charge in [0.15, 0.2) is 5.76 Å². The molecule has 140 valence electrons. The molecule has 2 amide bonds. The van der Waals surface area contributed by atoms with E-state index in [1.807, 2.05) is 38.2 Å². The molecular weight excluding hydrogens is 354 g/mol. The van der Waals surface area contributed by atoms with Gasteiger partial charge in [-0.25, -0.2) is 0 Å². The van der Waals surface area contributed by atoms with Gasteiger partial charge in [0.25, 0.3) is 5.91 Å². The minimum Gasteiger partial charge on any atom is -0.459 e. The molecule has 0 bridgehead atoms. The predicted octanol–water partition coefficient (Wildman–Crippen LogP) is 1.99. The Morgan fingerprint density at radius 2 is 1.96 bits per heavy atom. The molecule has 0 aliphatic carbocycles. The third-order valence-electron chi connectivity index (χ3n) is 4.62. The molecule has 0 saturated heterocycles. The lowest BCUT2D eigenvalue weighted by Crippen LogP contribution is -2.53. The normalized spacial score (nSPS) is 17.0. The van der Waals surface area contributed by atoms with Crippen molar-refractivity contribution in [2.45, 2.75) is 32.0 Å². The number of rotatable bonds is 5.